The second-order valence-electron chi connectivity index (χ2n) is 6.66. The number of nitrogens with zero attached hydrogens (tertiary/aromatic N) is 2. The first-order chi connectivity index (χ1) is 12.5. The molecule has 141 valence electrons. The summed E-state index contributed by atoms with van der Waals surface area (Å²) < 4.78 is 41.4. The van der Waals surface area contributed by atoms with Crippen LogP contribution in [0.3, 0.4) is 0 Å². The van der Waals surface area contributed by atoms with E-state index >= 15 is 0 Å². The third-order valence-electron chi connectivity index (χ3n) is 4.05. The summed E-state index contributed by atoms with van der Waals surface area (Å²) >= 11 is 5.92. The van der Waals surface area contributed by atoms with Crippen molar-refractivity contribution in [2.75, 3.05) is 0 Å². The summed E-state index contributed by atoms with van der Waals surface area (Å²) in [7, 11) is 0. The number of hydrogen-bond acceptors (Lipinski definition) is 2. The van der Waals surface area contributed by atoms with Gasteiger partial charge in [-0.2, -0.15) is 13.2 Å². The van der Waals surface area contributed by atoms with E-state index in [0.717, 1.165) is 6.07 Å². The fourth-order valence-electron chi connectivity index (χ4n) is 3.01. The van der Waals surface area contributed by atoms with Gasteiger partial charge in [-0.25, -0.2) is 4.98 Å². The van der Waals surface area contributed by atoms with Crippen LogP contribution in [0.15, 0.2) is 36.4 Å². The summed E-state index contributed by atoms with van der Waals surface area (Å²) in [4.78, 5) is 16.0. The van der Waals surface area contributed by atoms with Crippen molar-refractivity contribution in [3.05, 3.63) is 58.9 Å². The Hall–Kier alpha value is -2.54. The highest BCUT2D eigenvalue weighted by atomic mass is 35.5. The zero-order valence-electron chi connectivity index (χ0n) is 14.8. The maximum atomic E-state index is 13.2. The minimum atomic E-state index is -4.59. The molecule has 2 aromatic carbocycles. The molecular formula is C19H16ClF3N3O. The first kappa shape index (κ1) is 19.2. The van der Waals surface area contributed by atoms with Gasteiger partial charge in [-0.05, 0) is 44.2 Å². The van der Waals surface area contributed by atoms with Crippen LogP contribution in [-0.2, 0) is 16.5 Å². The van der Waals surface area contributed by atoms with E-state index in [9.17, 15) is 18.0 Å². The number of carbonyl (C=O) groups excluding carboxylic acids is 1. The van der Waals surface area contributed by atoms with Crippen LogP contribution in [0.5, 0.6) is 0 Å². The average Bonchev–Trinajstić information content (AvgIpc) is 2.92. The molecule has 0 unspecified atom stereocenters. The molecule has 1 heterocycles. The van der Waals surface area contributed by atoms with Crippen molar-refractivity contribution in [3.8, 4) is 5.69 Å². The van der Waals surface area contributed by atoms with Crippen LogP contribution in [-0.4, -0.2) is 15.5 Å². The summed E-state index contributed by atoms with van der Waals surface area (Å²) in [6.07, 6.45) is -4.59. The van der Waals surface area contributed by atoms with Crippen molar-refractivity contribution in [2.45, 2.75) is 32.5 Å². The molecule has 3 rings (SSSR count). The van der Waals surface area contributed by atoms with Crippen molar-refractivity contribution in [3.63, 3.8) is 0 Å². The van der Waals surface area contributed by atoms with Crippen LogP contribution < -0.4 is 5.32 Å². The molecule has 0 fully saturated rings. The van der Waals surface area contributed by atoms with Crippen LogP contribution in [0.2, 0.25) is 5.02 Å². The Morgan fingerprint density at radius 2 is 2.00 bits per heavy atom. The summed E-state index contributed by atoms with van der Waals surface area (Å²) in [5, 5.41) is 2.36. The predicted octanol–water partition coefficient (Wildman–Crippen LogP) is 4.87. The highest BCUT2D eigenvalue weighted by molar-refractivity contribution is 6.32. The zero-order chi connectivity index (χ0) is 20.0. The monoisotopic (exact) mass is 394 g/mol. The summed E-state index contributed by atoms with van der Waals surface area (Å²) in [6, 6.07) is 12.0. The number of halogens is 4. The quantitative estimate of drug-likeness (QED) is 0.689. The van der Waals surface area contributed by atoms with Gasteiger partial charge in [0.05, 0.1) is 27.2 Å². The molecule has 0 bridgehead atoms. The molecule has 1 amide bonds. The molecule has 0 saturated heterocycles. The molecular weight excluding hydrogens is 379 g/mol. The number of benzene rings is 2. The Labute approximate surface area is 159 Å². The topological polar surface area (TPSA) is 46.9 Å². The van der Waals surface area contributed by atoms with Crippen molar-refractivity contribution < 1.29 is 18.0 Å². The van der Waals surface area contributed by atoms with Gasteiger partial charge in [0.2, 0.25) is 5.91 Å². The molecule has 0 aliphatic heterocycles. The van der Waals surface area contributed by atoms with Gasteiger partial charge in [0.25, 0.3) is 0 Å². The van der Waals surface area contributed by atoms with Gasteiger partial charge >= 0.3 is 6.18 Å². The fourth-order valence-corrected chi connectivity index (χ4v) is 3.28. The number of nitrogens with one attached hydrogen (secondary N) is 1. The molecule has 1 aromatic heterocycles. The van der Waals surface area contributed by atoms with Gasteiger partial charge in [-0.3, -0.25) is 9.36 Å². The molecule has 0 aliphatic rings. The van der Waals surface area contributed by atoms with Crippen molar-refractivity contribution in [1.82, 2.24) is 14.9 Å². The van der Waals surface area contributed by atoms with Gasteiger partial charge in [-0.15, -0.1) is 0 Å². The second kappa shape index (κ2) is 6.56. The summed E-state index contributed by atoms with van der Waals surface area (Å²) in [5.41, 5.74) is -0.718. The van der Waals surface area contributed by atoms with Crippen LogP contribution in [0.4, 0.5) is 13.2 Å². The second-order valence-corrected chi connectivity index (χ2v) is 7.06. The predicted molar refractivity (Wildman–Crippen MR) is 96.8 cm³/mol. The molecule has 1 N–H and O–H groups in total. The van der Waals surface area contributed by atoms with Crippen LogP contribution in [0.25, 0.3) is 16.7 Å². The fraction of sp³-hybridized carbons (Fsp3) is 0.263. The van der Waals surface area contributed by atoms with E-state index in [4.69, 9.17) is 11.6 Å². The maximum absolute atomic E-state index is 13.2. The van der Waals surface area contributed by atoms with E-state index in [-0.39, 0.29) is 11.4 Å². The number of amides is 1. The van der Waals surface area contributed by atoms with Crippen molar-refractivity contribution in [1.29, 1.82) is 0 Å². The molecule has 8 heteroatoms. The first-order valence-corrected chi connectivity index (χ1v) is 8.43. The lowest BCUT2D eigenvalue weighted by molar-refractivity contribution is -0.137. The largest absolute Gasteiger partial charge is 0.417 e. The maximum Gasteiger partial charge on any atom is 0.417 e. The molecule has 1 radical (unpaired) electrons. The van der Waals surface area contributed by atoms with Gasteiger partial charge in [0.15, 0.2) is 0 Å². The number of fused-ring (bicyclic) bond motifs is 1. The highest BCUT2D eigenvalue weighted by Gasteiger charge is 2.35. The van der Waals surface area contributed by atoms with Crippen LogP contribution >= 0.6 is 11.6 Å². The third kappa shape index (κ3) is 3.64. The zero-order valence-corrected chi connectivity index (χ0v) is 15.5. The third-order valence-corrected chi connectivity index (χ3v) is 4.36. The van der Waals surface area contributed by atoms with Gasteiger partial charge < -0.3 is 5.32 Å². The summed E-state index contributed by atoms with van der Waals surface area (Å²) in [6.45, 7) is 4.82. The van der Waals surface area contributed by atoms with E-state index in [1.165, 1.54) is 13.0 Å². The van der Waals surface area contributed by atoms with Gasteiger partial charge in [0, 0.05) is 12.6 Å². The van der Waals surface area contributed by atoms with Crippen molar-refractivity contribution >= 4 is 28.5 Å². The Kier molecular flexibility index (Phi) is 4.67. The molecule has 27 heavy (non-hydrogen) atoms. The lowest BCUT2D eigenvalue weighted by Gasteiger charge is -2.26. The smallest absolute Gasteiger partial charge is 0.344 e. The van der Waals surface area contributed by atoms with E-state index < -0.39 is 22.3 Å². The minimum absolute atomic E-state index is 0.129. The Bertz CT molecular complexity index is 1010. The Morgan fingerprint density at radius 3 is 2.56 bits per heavy atom. The number of hydrogen-bond donors (Lipinski definition) is 1. The average molecular weight is 395 g/mol. The molecule has 4 nitrogen and oxygen atoms in total. The molecule has 0 saturated carbocycles. The molecule has 3 aromatic rings. The van der Waals surface area contributed by atoms with Gasteiger partial charge in [0.1, 0.15) is 5.82 Å². The molecule has 0 atom stereocenters. The number of imidazole rings is 1. The van der Waals surface area contributed by atoms with Crippen molar-refractivity contribution in [2.24, 2.45) is 0 Å². The number of aromatic nitrogens is 2. The minimum Gasteiger partial charge on any atom is -0.344 e. The van der Waals surface area contributed by atoms with Gasteiger partial charge in [-0.1, -0.05) is 23.7 Å². The molecule has 0 aliphatic carbocycles. The first-order valence-electron chi connectivity index (χ1n) is 8.05. The normalized spacial score (nSPS) is 12.4. The van der Waals surface area contributed by atoms with Crippen LogP contribution in [0, 0.1) is 6.07 Å². The summed E-state index contributed by atoms with van der Waals surface area (Å²) in [5.74, 6) is 0.0925. The lowest BCUT2D eigenvalue weighted by Crippen LogP contribution is -2.41. The number of alkyl halides is 3. The number of carbonyl (C=O) groups is 1. The van der Waals surface area contributed by atoms with E-state index in [2.05, 4.69) is 16.4 Å². The standard InChI is InChI=1S/C19H16ClF3N3O/c1-11(27)25-18(2,3)17-24-15-9-13(19(21,22)23)14(20)10-16(15)26(17)12-7-5-4-6-8-12/h4-5,7-10H,1-3H3,(H,25,27). The lowest BCUT2D eigenvalue weighted by atomic mass is 10.0. The highest BCUT2D eigenvalue weighted by Crippen LogP contribution is 2.38. The van der Waals surface area contributed by atoms with E-state index in [1.54, 1.807) is 42.7 Å². The van der Waals surface area contributed by atoms with E-state index in [0.29, 0.717) is 17.0 Å². The number of rotatable bonds is 3. The SMILES string of the molecule is CC(=O)NC(C)(C)c1nc2cc(C(F)(F)F)c(Cl)cc2n1-c1c[c]ccc1. The van der Waals surface area contributed by atoms with E-state index in [1.807, 2.05) is 0 Å². The molecule has 0 spiro atoms. The van der Waals surface area contributed by atoms with Crippen LogP contribution in [0.1, 0.15) is 32.2 Å². The Balaban J connectivity index is 2.36. The Morgan fingerprint density at radius 1 is 1.30 bits per heavy atom.